The van der Waals surface area contributed by atoms with Gasteiger partial charge in [0.25, 0.3) is 6.36 Å². The van der Waals surface area contributed by atoms with Crippen molar-refractivity contribution in [3.05, 3.63) is 0 Å². The van der Waals surface area contributed by atoms with Crippen LogP contribution in [0.5, 0.6) is 0 Å². The van der Waals surface area contributed by atoms with E-state index in [9.17, 15) is 43.9 Å². The maximum absolute atomic E-state index is 13.4. The lowest BCUT2D eigenvalue weighted by atomic mass is 10.3. The second kappa shape index (κ2) is 10.5. The van der Waals surface area contributed by atoms with Gasteiger partial charge in [-0.3, -0.25) is 4.74 Å². The van der Waals surface area contributed by atoms with Crippen molar-refractivity contribution in [3.8, 4) is 0 Å². The van der Waals surface area contributed by atoms with Gasteiger partial charge in [-0.05, 0) is 6.42 Å². The van der Waals surface area contributed by atoms with Crippen LogP contribution in [0, 0.1) is 0 Å². The molecule has 0 amide bonds. The highest BCUT2D eigenvalue weighted by molar-refractivity contribution is 6.60. The Hall–Kier alpha value is -0.723. The van der Waals surface area contributed by atoms with Crippen molar-refractivity contribution in [2.24, 2.45) is 0 Å². The van der Waals surface area contributed by atoms with Gasteiger partial charge in [0.05, 0.1) is 7.11 Å². The first kappa shape index (κ1) is 28.3. The molecule has 29 heavy (non-hydrogen) atoms. The van der Waals surface area contributed by atoms with Gasteiger partial charge in [0.15, 0.2) is 0 Å². The Balaban J connectivity index is 4.72. The molecule has 0 spiro atoms. The minimum atomic E-state index is -6.91. The summed E-state index contributed by atoms with van der Waals surface area (Å²) in [6.45, 7) is -2.52. The van der Waals surface area contributed by atoms with Gasteiger partial charge in [-0.2, -0.15) is 39.5 Å². The molecule has 0 N–H and O–H groups in total. The van der Waals surface area contributed by atoms with Crippen LogP contribution >= 0.6 is 0 Å². The van der Waals surface area contributed by atoms with Crippen LogP contribution < -0.4 is 0 Å². The van der Waals surface area contributed by atoms with Crippen molar-refractivity contribution in [1.29, 1.82) is 0 Å². The molecule has 17 heteroatoms. The summed E-state index contributed by atoms with van der Waals surface area (Å²) < 4.78 is 148. The summed E-state index contributed by atoms with van der Waals surface area (Å²) in [5, 5.41) is 0. The number of halogens is 10. The molecular formula is C12H18F10O6Si. The third kappa shape index (κ3) is 7.48. The average molecular weight is 476 g/mol. The third-order valence-electron chi connectivity index (χ3n) is 3.20. The molecule has 0 aliphatic heterocycles. The number of alkyl halides is 10. The molecule has 0 bridgehead atoms. The molecule has 0 saturated heterocycles. The quantitative estimate of drug-likeness (QED) is 0.125. The van der Waals surface area contributed by atoms with Crippen molar-refractivity contribution in [3.63, 3.8) is 0 Å². The minimum absolute atomic E-state index is 0.0508. The molecule has 0 rings (SSSR count). The lowest BCUT2D eigenvalue weighted by Gasteiger charge is -2.30. The van der Waals surface area contributed by atoms with E-state index >= 15 is 0 Å². The number of rotatable bonds is 14. The zero-order valence-electron chi connectivity index (χ0n) is 15.1. The lowest BCUT2D eigenvalue weighted by Crippen LogP contribution is -2.56. The average Bonchev–Trinajstić information content (AvgIpc) is 2.58. The van der Waals surface area contributed by atoms with Crippen LogP contribution in [0.25, 0.3) is 0 Å². The van der Waals surface area contributed by atoms with Gasteiger partial charge in [-0.1, -0.05) is 0 Å². The third-order valence-corrected chi connectivity index (χ3v) is 5.83. The van der Waals surface area contributed by atoms with E-state index in [1.54, 1.807) is 0 Å². The minimum Gasteiger partial charge on any atom is -0.376 e. The van der Waals surface area contributed by atoms with E-state index in [1.165, 1.54) is 14.2 Å². The standard InChI is InChI=1S/C12H18F10O6Si/c1-23-28-29(24-2,25-3)6-4-5-26-7-9(14,15)8(13)27-12(21,22)10(16,17)11(18,19)20/h8H,4-7H2,1-3H3. The van der Waals surface area contributed by atoms with Crippen LogP contribution in [0.15, 0.2) is 0 Å². The number of hydrogen-bond acceptors (Lipinski definition) is 6. The van der Waals surface area contributed by atoms with Crippen molar-refractivity contribution in [2.45, 2.75) is 43.0 Å². The van der Waals surface area contributed by atoms with E-state index < -0.39 is 52.5 Å². The van der Waals surface area contributed by atoms with E-state index in [4.69, 9.17) is 13.4 Å². The summed E-state index contributed by atoms with van der Waals surface area (Å²) >= 11 is 0. The SMILES string of the molecule is COO[Si](CCCOCC(F)(F)C(F)OC(F)(F)C(F)(F)C(F)(F)F)(OC)OC. The molecule has 1 unspecified atom stereocenters. The Morgan fingerprint density at radius 2 is 1.38 bits per heavy atom. The predicted octanol–water partition coefficient (Wildman–Crippen LogP) is 3.94. The molecule has 1 atom stereocenters. The van der Waals surface area contributed by atoms with Crippen molar-refractivity contribution >= 4 is 8.80 Å². The van der Waals surface area contributed by atoms with Crippen LogP contribution in [-0.4, -0.2) is 73.8 Å². The van der Waals surface area contributed by atoms with Crippen molar-refractivity contribution in [1.82, 2.24) is 0 Å². The van der Waals surface area contributed by atoms with Crippen molar-refractivity contribution < 1.29 is 71.7 Å². The van der Waals surface area contributed by atoms with Crippen LogP contribution in [-0.2, 0) is 27.8 Å². The molecular weight excluding hydrogens is 458 g/mol. The molecule has 0 saturated carbocycles. The zero-order valence-corrected chi connectivity index (χ0v) is 16.1. The van der Waals surface area contributed by atoms with E-state index in [2.05, 4.69) is 14.4 Å². The highest BCUT2D eigenvalue weighted by atomic mass is 28.4. The van der Waals surface area contributed by atoms with Crippen LogP contribution in [0.3, 0.4) is 0 Å². The molecule has 0 aromatic rings. The first-order valence-electron chi connectivity index (χ1n) is 7.44. The van der Waals surface area contributed by atoms with Gasteiger partial charge in [-0.25, -0.2) is 13.9 Å². The Bertz CT molecular complexity index is 488. The fourth-order valence-electron chi connectivity index (χ4n) is 1.64. The molecule has 176 valence electrons. The molecule has 0 aliphatic carbocycles. The van der Waals surface area contributed by atoms with E-state index in [0.29, 0.717) is 0 Å². The summed E-state index contributed by atoms with van der Waals surface area (Å²) in [5.74, 6) is -11.9. The summed E-state index contributed by atoms with van der Waals surface area (Å²) in [6, 6.07) is -0.0508. The summed E-state index contributed by atoms with van der Waals surface area (Å²) in [7, 11) is 0.226. The van der Waals surface area contributed by atoms with Crippen LogP contribution in [0.4, 0.5) is 43.9 Å². The lowest BCUT2D eigenvalue weighted by molar-refractivity contribution is -0.451. The van der Waals surface area contributed by atoms with Crippen molar-refractivity contribution in [2.75, 3.05) is 34.5 Å². The molecule has 0 aliphatic rings. The predicted molar refractivity (Wildman–Crippen MR) is 75.0 cm³/mol. The topological polar surface area (TPSA) is 55.4 Å². The molecule has 0 heterocycles. The Kier molecular flexibility index (Phi) is 10.3. The molecule has 0 fully saturated rings. The van der Waals surface area contributed by atoms with E-state index in [0.717, 1.165) is 7.11 Å². The highest BCUT2D eigenvalue weighted by Gasteiger charge is 2.75. The molecule has 6 nitrogen and oxygen atoms in total. The summed E-state index contributed by atoms with van der Waals surface area (Å²) in [5.41, 5.74) is 0. The zero-order chi connectivity index (χ0) is 23.1. The molecule has 0 aromatic carbocycles. The van der Waals surface area contributed by atoms with Gasteiger partial charge in [-0.15, -0.1) is 0 Å². The number of hydrogen-bond donors (Lipinski definition) is 0. The molecule has 0 radical (unpaired) electrons. The van der Waals surface area contributed by atoms with Gasteiger partial charge in [0.1, 0.15) is 6.61 Å². The normalized spacial score (nSPS) is 15.6. The summed E-state index contributed by atoms with van der Waals surface area (Å²) in [6.07, 6.45) is -18.1. The van der Waals surface area contributed by atoms with Gasteiger partial charge >= 0.3 is 32.9 Å². The Labute approximate surface area is 159 Å². The monoisotopic (exact) mass is 476 g/mol. The first-order chi connectivity index (χ1) is 13.0. The van der Waals surface area contributed by atoms with E-state index in [1.807, 2.05) is 0 Å². The van der Waals surface area contributed by atoms with Gasteiger partial charge < -0.3 is 13.6 Å². The molecule has 0 aromatic heterocycles. The van der Waals surface area contributed by atoms with E-state index in [-0.39, 0.29) is 12.5 Å². The number of ether oxygens (including phenoxy) is 2. The Morgan fingerprint density at radius 3 is 1.79 bits per heavy atom. The second-order valence-electron chi connectivity index (χ2n) is 5.28. The Morgan fingerprint density at radius 1 is 0.862 bits per heavy atom. The smallest absolute Gasteiger partial charge is 0.376 e. The van der Waals surface area contributed by atoms with Gasteiger partial charge in [0.2, 0.25) is 0 Å². The van der Waals surface area contributed by atoms with Crippen LogP contribution in [0.1, 0.15) is 6.42 Å². The summed E-state index contributed by atoms with van der Waals surface area (Å²) in [4.78, 5) is 4.40. The van der Waals surface area contributed by atoms with Crippen LogP contribution in [0.2, 0.25) is 6.04 Å². The maximum Gasteiger partial charge on any atom is 0.529 e. The fourth-order valence-corrected chi connectivity index (χ4v) is 3.27. The van der Waals surface area contributed by atoms with Gasteiger partial charge in [0, 0.05) is 26.9 Å². The maximum atomic E-state index is 13.4. The first-order valence-corrected chi connectivity index (χ1v) is 9.37. The highest BCUT2D eigenvalue weighted by Crippen LogP contribution is 2.48. The second-order valence-corrected chi connectivity index (χ2v) is 8.13. The fraction of sp³-hybridized carbons (Fsp3) is 1.00. The largest absolute Gasteiger partial charge is 0.529 e.